The second-order valence-corrected chi connectivity index (χ2v) is 7.18. The molecule has 0 radical (unpaired) electrons. The van der Waals surface area contributed by atoms with Crippen LogP contribution in [0.25, 0.3) is 11.0 Å². The van der Waals surface area contributed by atoms with Crippen molar-refractivity contribution in [3.05, 3.63) is 30.1 Å². The molecule has 1 aromatic carbocycles. The first-order valence-electron chi connectivity index (χ1n) is 10.2. The molecule has 0 aliphatic carbocycles. The molecule has 7 nitrogen and oxygen atoms in total. The first kappa shape index (κ1) is 20.6. The average Bonchev–Trinajstić information content (AvgIpc) is 3.04. The van der Waals surface area contributed by atoms with Crippen LogP contribution in [0.2, 0.25) is 0 Å². The summed E-state index contributed by atoms with van der Waals surface area (Å²) in [5.41, 5.74) is 2.24. The molecule has 1 aliphatic heterocycles. The summed E-state index contributed by atoms with van der Waals surface area (Å²) in [6, 6.07) is 8.28. The second kappa shape index (κ2) is 10.4. The first-order chi connectivity index (χ1) is 13.7. The Morgan fingerprint density at radius 3 is 2.79 bits per heavy atom. The van der Waals surface area contributed by atoms with Gasteiger partial charge in [0.05, 0.1) is 17.1 Å². The van der Waals surface area contributed by atoms with Gasteiger partial charge < -0.3 is 24.3 Å². The summed E-state index contributed by atoms with van der Waals surface area (Å²) >= 11 is 0. The molecular formula is C21H33N5O2. The molecule has 2 heterocycles. The fourth-order valence-corrected chi connectivity index (χ4v) is 3.78. The normalized spacial score (nSPS) is 16.1. The van der Waals surface area contributed by atoms with Crippen LogP contribution in [0.4, 0.5) is 0 Å². The molecule has 0 atom stereocenters. The lowest BCUT2D eigenvalue weighted by Crippen LogP contribution is -2.47. The van der Waals surface area contributed by atoms with Crippen LogP contribution >= 0.6 is 0 Å². The van der Waals surface area contributed by atoms with Crippen molar-refractivity contribution in [2.75, 3.05) is 47.0 Å². The van der Waals surface area contributed by atoms with E-state index in [2.05, 4.69) is 49.9 Å². The summed E-state index contributed by atoms with van der Waals surface area (Å²) in [5, 5.41) is 3.51. The smallest absolute Gasteiger partial charge is 0.193 e. The topological polar surface area (TPSA) is 63.9 Å². The first-order valence-corrected chi connectivity index (χ1v) is 10.2. The molecule has 1 aromatic heterocycles. The minimum atomic E-state index is 0.353. The molecule has 0 saturated carbocycles. The van der Waals surface area contributed by atoms with E-state index < -0.39 is 0 Å². The van der Waals surface area contributed by atoms with Crippen LogP contribution in [0.3, 0.4) is 0 Å². The van der Waals surface area contributed by atoms with E-state index in [1.807, 2.05) is 13.1 Å². The van der Waals surface area contributed by atoms with Crippen molar-refractivity contribution in [3.63, 3.8) is 0 Å². The molecule has 28 heavy (non-hydrogen) atoms. The second-order valence-electron chi connectivity index (χ2n) is 7.18. The highest BCUT2D eigenvalue weighted by Gasteiger charge is 2.21. The molecule has 0 bridgehead atoms. The molecular weight excluding hydrogens is 354 g/mol. The van der Waals surface area contributed by atoms with Crippen LogP contribution in [-0.4, -0.2) is 73.5 Å². The minimum Gasteiger partial charge on any atom is -0.385 e. The molecule has 1 aliphatic rings. The highest BCUT2D eigenvalue weighted by atomic mass is 16.5. The number of imidazole rings is 1. The quantitative estimate of drug-likeness (QED) is 0.428. The molecule has 3 rings (SSSR count). The highest BCUT2D eigenvalue weighted by Crippen LogP contribution is 2.16. The standard InChI is InChI=1S/C21H33N5O2/c1-17-24-19-7-4-5-8-20(19)26(17)14-11-23-21(22-2)25-12-9-18(10-13-25)28-16-6-15-27-3/h4-5,7-8,18H,6,9-16H2,1-3H3,(H,22,23). The zero-order chi connectivity index (χ0) is 19.8. The SMILES string of the molecule is CN=C(NCCn1c(C)nc2ccccc21)N1CCC(OCCCOC)CC1. The van der Waals surface area contributed by atoms with Crippen LogP contribution in [0.15, 0.2) is 29.3 Å². The molecule has 2 aromatic rings. The summed E-state index contributed by atoms with van der Waals surface area (Å²) in [6.07, 6.45) is 3.39. The molecule has 7 heteroatoms. The summed E-state index contributed by atoms with van der Waals surface area (Å²) in [6.45, 7) is 7.24. The Labute approximate surface area is 167 Å². The van der Waals surface area contributed by atoms with Crippen molar-refractivity contribution in [3.8, 4) is 0 Å². The number of hydrogen-bond acceptors (Lipinski definition) is 4. The Bertz CT molecular complexity index is 765. The Hall–Kier alpha value is -2.12. The van der Waals surface area contributed by atoms with Crippen molar-refractivity contribution in [1.82, 2.24) is 19.8 Å². The average molecular weight is 388 g/mol. The summed E-state index contributed by atoms with van der Waals surface area (Å²) < 4.78 is 13.3. The fraction of sp³-hybridized carbons (Fsp3) is 0.619. The van der Waals surface area contributed by atoms with E-state index in [9.17, 15) is 0 Å². The number of aliphatic imine (C=N–C) groups is 1. The molecule has 0 spiro atoms. The van der Waals surface area contributed by atoms with Crippen LogP contribution in [0.1, 0.15) is 25.1 Å². The number of rotatable bonds is 8. The lowest BCUT2D eigenvalue weighted by Gasteiger charge is -2.34. The van der Waals surface area contributed by atoms with Gasteiger partial charge in [-0.25, -0.2) is 4.98 Å². The van der Waals surface area contributed by atoms with Crippen molar-refractivity contribution >= 4 is 17.0 Å². The van der Waals surface area contributed by atoms with E-state index in [1.165, 1.54) is 5.52 Å². The van der Waals surface area contributed by atoms with E-state index in [4.69, 9.17) is 9.47 Å². The molecule has 0 amide bonds. The zero-order valence-electron chi connectivity index (χ0n) is 17.4. The Morgan fingerprint density at radius 2 is 2.04 bits per heavy atom. The molecule has 1 N–H and O–H groups in total. The predicted octanol–water partition coefficient (Wildman–Crippen LogP) is 2.44. The van der Waals surface area contributed by atoms with Crippen LogP contribution in [0.5, 0.6) is 0 Å². The van der Waals surface area contributed by atoms with Crippen molar-refractivity contribution < 1.29 is 9.47 Å². The van der Waals surface area contributed by atoms with Gasteiger partial charge in [0.1, 0.15) is 5.82 Å². The van der Waals surface area contributed by atoms with Gasteiger partial charge >= 0.3 is 0 Å². The maximum Gasteiger partial charge on any atom is 0.193 e. The molecule has 1 fully saturated rings. The Kier molecular flexibility index (Phi) is 7.68. The molecule has 0 unspecified atom stereocenters. The lowest BCUT2D eigenvalue weighted by molar-refractivity contribution is 0.00991. The lowest BCUT2D eigenvalue weighted by atomic mass is 10.1. The third-order valence-electron chi connectivity index (χ3n) is 5.26. The van der Waals surface area contributed by atoms with Gasteiger partial charge in [-0.05, 0) is 38.3 Å². The number of nitrogens with one attached hydrogen (secondary N) is 1. The van der Waals surface area contributed by atoms with Crippen molar-refractivity contribution in [2.24, 2.45) is 4.99 Å². The van der Waals surface area contributed by atoms with E-state index in [0.717, 1.165) is 76.0 Å². The van der Waals surface area contributed by atoms with Gasteiger partial charge in [-0.3, -0.25) is 4.99 Å². The third-order valence-corrected chi connectivity index (χ3v) is 5.26. The number of para-hydroxylation sites is 2. The summed E-state index contributed by atoms with van der Waals surface area (Å²) in [7, 11) is 3.58. The van der Waals surface area contributed by atoms with Gasteiger partial charge in [0, 0.05) is 53.6 Å². The number of methoxy groups -OCH3 is 1. The number of likely N-dealkylation sites (tertiary alicyclic amines) is 1. The zero-order valence-corrected chi connectivity index (χ0v) is 17.4. The largest absolute Gasteiger partial charge is 0.385 e. The molecule has 154 valence electrons. The number of fused-ring (bicyclic) bond motifs is 1. The van der Waals surface area contributed by atoms with Gasteiger partial charge in [0.15, 0.2) is 5.96 Å². The predicted molar refractivity (Wildman–Crippen MR) is 113 cm³/mol. The van der Waals surface area contributed by atoms with E-state index in [1.54, 1.807) is 7.11 Å². The van der Waals surface area contributed by atoms with Crippen LogP contribution in [-0.2, 0) is 16.0 Å². The number of aromatic nitrogens is 2. The number of piperidine rings is 1. The van der Waals surface area contributed by atoms with Crippen molar-refractivity contribution in [1.29, 1.82) is 0 Å². The number of benzene rings is 1. The van der Waals surface area contributed by atoms with Crippen LogP contribution in [0, 0.1) is 6.92 Å². The van der Waals surface area contributed by atoms with Gasteiger partial charge in [-0.2, -0.15) is 0 Å². The van der Waals surface area contributed by atoms with Gasteiger partial charge in [-0.15, -0.1) is 0 Å². The molecule has 1 saturated heterocycles. The number of nitrogens with zero attached hydrogens (tertiary/aromatic N) is 4. The van der Waals surface area contributed by atoms with Gasteiger partial charge in [0.25, 0.3) is 0 Å². The number of hydrogen-bond donors (Lipinski definition) is 1. The van der Waals surface area contributed by atoms with E-state index in [0.29, 0.717) is 6.10 Å². The third kappa shape index (κ3) is 5.23. The maximum atomic E-state index is 5.95. The number of ether oxygens (including phenoxy) is 2. The van der Waals surface area contributed by atoms with Gasteiger partial charge in [0.2, 0.25) is 0 Å². The minimum absolute atomic E-state index is 0.353. The Morgan fingerprint density at radius 1 is 1.25 bits per heavy atom. The fourth-order valence-electron chi connectivity index (χ4n) is 3.78. The summed E-state index contributed by atoms with van der Waals surface area (Å²) in [5.74, 6) is 2.02. The van der Waals surface area contributed by atoms with E-state index in [-0.39, 0.29) is 0 Å². The maximum absolute atomic E-state index is 5.95. The monoisotopic (exact) mass is 387 g/mol. The van der Waals surface area contributed by atoms with Crippen LogP contribution < -0.4 is 5.32 Å². The summed E-state index contributed by atoms with van der Waals surface area (Å²) in [4.78, 5) is 11.4. The van der Waals surface area contributed by atoms with Crippen molar-refractivity contribution in [2.45, 2.75) is 38.8 Å². The van der Waals surface area contributed by atoms with Gasteiger partial charge in [-0.1, -0.05) is 12.1 Å². The number of aryl methyl sites for hydroxylation is 1. The highest BCUT2D eigenvalue weighted by molar-refractivity contribution is 5.80. The Balaban J connectivity index is 1.44. The number of guanidine groups is 1. The van der Waals surface area contributed by atoms with E-state index >= 15 is 0 Å².